The molecule has 2 rings (SSSR count). The Balaban J connectivity index is 1.72. The van der Waals surface area contributed by atoms with Crippen LogP contribution in [0.5, 0.6) is 0 Å². The van der Waals surface area contributed by atoms with Crippen molar-refractivity contribution in [2.75, 3.05) is 26.8 Å². The van der Waals surface area contributed by atoms with E-state index in [0.717, 1.165) is 50.0 Å². The molecule has 0 aliphatic carbocycles. The quantitative estimate of drug-likeness (QED) is 0.491. The smallest absolute Gasteiger partial charge is 0.214 e. The highest BCUT2D eigenvalue weighted by Gasteiger charge is 2.07. The number of aromatic nitrogens is 1. The van der Waals surface area contributed by atoms with Crippen LogP contribution in [0.25, 0.3) is 0 Å². The third kappa shape index (κ3) is 4.90. The van der Waals surface area contributed by atoms with E-state index in [-0.39, 0.29) is 0 Å². The van der Waals surface area contributed by atoms with Crippen molar-refractivity contribution in [3.05, 3.63) is 29.0 Å². The van der Waals surface area contributed by atoms with E-state index in [1.807, 2.05) is 13.8 Å². The molecule has 1 aromatic rings. The van der Waals surface area contributed by atoms with Gasteiger partial charge in [-0.1, -0.05) is 11.6 Å². The number of aryl methyl sites for hydroxylation is 2. The number of aliphatic imine (C=N–C) groups is 1. The lowest BCUT2D eigenvalue weighted by Crippen LogP contribution is -2.37. The Morgan fingerprint density at radius 2 is 2.24 bits per heavy atom. The molecule has 2 N–H and O–H groups in total. The molecule has 116 valence electrons. The van der Waals surface area contributed by atoms with Crippen LogP contribution in [0.1, 0.15) is 30.2 Å². The molecule has 0 fully saturated rings. The number of guanidine groups is 1. The molecule has 0 radical (unpaired) electrons. The summed E-state index contributed by atoms with van der Waals surface area (Å²) in [5.41, 5.74) is 2.38. The van der Waals surface area contributed by atoms with Gasteiger partial charge < -0.3 is 19.8 Å². The third-order valence-corrected chi connectivity index (χ3v) is 3.50. The van der Waals surface area contributed by atoms with Crippen molar-refractivity contribution < 1.29 is 9.15 Å². The zero-order valence-corrected chi connectivity index (χ0v) is 13.0. The number of ether oxygens (including phenoxy) is 1. The summed E-state index contributed by atoms with van der Waals surface area (Å²) in [5, 5.41) is 6.50. The fourth-order valence-corrected chi connectivity index (χ4v) is 2.13. The van der Waals surface area contributed by atoms with E-state index in [9.17, 15) is 0 Å². The molecular formula is C15H24N4O2. The Labute approximate surface area is 125 Å². The molecule has 0 saturated carbocycles. The van der Waals surface area contributed by atoms with Gasteiger partial charge in [-0.2, -0.15) is 0 Å². The van der Waals surface area contributed by atoms with Gasteiger partial charge in [-0.25, -0.2) is 4.98 Å². The third-order valence-electron chi connectivity index (χ3n) is 3.50. The Kier molecular flexibility index (Phi) is 5.80. The molecule has 0 unspecified atom stereocenters. The van der Waals surface area contributed by atoms with Gasteiger partial charge in [0.05, 0.1) is 25.5 Å². The minimum absolute atomic E-state index is 0.533. The van der Waals surface area contributed by atoms with Gasteiger partial charge in [0.1, 0.15) is 5.76 Å². The van der Waals surface area contributed by atoms with E-state index in [1.165, 1.54) is 5.57 Å². The van der Waals surface area contributed by atoms with Crippen LogP contribution >= 0.6 is 0 Å². The molecule has 0 bridgehead atoms. The predicted molar refractivity (Wildman–Crippen MR) is 82.3 cm³/mol. The molecule has 0 amide bonds. The maximum atomic E-state index is 5.53. The van der Waals surface area contributed by atoms with Crippen LogP contribution in [0, 0.1) is 13.8 Å². The van der Waals surface area contributed by atoms with Crippen molar-refractivity contribution >= 4 is 5.96 Å². The zero-order chi connectivity index (χ0) is 15.1. The molecular weight excluding hydrogens is 268 g/mol. The Morgan fingerprint density at radius 1 is 1.38 bits per heavy atom. The molecule has 0 aromatic carbocycles. The van der Waals surface area contributed by atoms with Crippen LogP contribution in [0.2, 0.25) is 0 Å². The topological polar surface area (TPSA) is 71.7 Å². The number of hydrogen-bond donors (Lipinski definition) is 2. The first kappa shape index (κ1) is 15.6. The van der Waals surface area contributed by atoms with Gasteiger partial charge in [0.25, 0.3) is 0 Å². The highest BCUT2D eigenvalue weighted by Crippen LogP contribution is 2.10. The van der Waals surface area contributed by atoms with Crippen LogP contribution in [-0.2, 0) is 11.3 Å². The Hall–Kier alpha value is -1.82. The van der Waals surface area contributed by atoms with E-state index in [0.29, 0.717) is 12.4 Å². The monoisotopic (exact) mass is 292 g/mol. The van der Waals surface area contributed by atoms with Gasteiger partial charge in [-0.3, -0.25) is 4.99 Å². The first-order valence-electron chi connectivity index (χ1n) is 7.32. The summed E-state index contributed by atoms with van der Waals surface area (Å²) in [4.78, 5) is 8.53. The van der Waals surface area contributed by atoms with Crippen LogP contribution in [0.4, 0.5) is 0 Å². The number of oxazole rings is 1. The minimum atomic E-state index is 0.533. The summed E-state index contributed by atoms with van der Waals surface area (Å²) in [6, 6.07) is 0. The van der Waals surface area contributed by atoms with Crippen molar-refractivity contribution in [3.8, 4) is 0 Å². The number of hydrogen-bond acceptors (Lipinski definition) is 4. The summed E-state index contributed by atoms with van der Waals surface area (Å²) >= 11 is 0. The van der Waals surface area contributed by atoms with Crippen molar-refractivity contribution in [1.82, 2.24) is 15.6 Å². The van der Waals surface area contributed by atoms with Crippen molar-refractivity contribution in [2.45, 2.75) is 33.2 Å². The number of rotatable bonds is 5. The average Bonchev–Trinajstić information content (AvgIpc) is 2.82. The molecule has 0 atom stereocenters. The molecule has 1 aliphatic rings. The minimum Gasteiger partial charge on any atom is -0.444 e. The van der Waals surface area contributed by atoms with Crippen LogP contribution in [0.15, 0.2) is 21.1 Å². The van der Waals surface area contributed by atoms with Crippen LogP contribution < -0.4 is 10.6 Å². The van der Waals surface area contributed by atoms with Gasteiger partial charge in [0.15, 0.2) is 5.96 Å². The zero-order valence-electron chi connectivity index (χ0n) is 13.0. The lowest BCUT2D eigenvalue weighted by Gasteiger charge is -2.15. The summed E-state index contributed by atoms with van der Waals surface area (Å²) in [7, 11) is 1.76. The van der Waals surface area contributed by atoms with E-state index >= 15 is 0 Å². The molecule has 1 aliphatic heterocycles. The first-order chi connectivity index (χ1) is 10.2. The van der Waals surface area contributed by atoms with E-state index < -0.39 is 0 Å². The number of nitrogens with one attached hydrogen (secondary N) is 2. The molecule has 6 nitrogen and oxygen atoms in total. The summed E-state index contributed by atoms with van der Waals surface area (Å²) in [6.45, 7) is 6.82. The van der Waals surface area contributed by atoms with Gasteiger partial charge in [0.2, 0.25) is 5.89 Å². The van der Waals surface area contributed by atoms with Crippen molar-refractivity contribution in [1.29, 1.82) is 0 Å². The van der Waals surface area contributed by atoms with Gasteiger partial charge >= 0.3 is 0 Å². The molecule has 21 heavy (non-hydrogen) atoms. The van der Waals surface area contributed by atoms with Gasteiger partial charge in [-0.15, -0.1) is 0 Å². The summed E-state index contributed by atoms with van der Waals surface area (Å²) in [5.74, 6) is 2.30. The highest BCUT2D eigenvalue weighted by molar-refractivity contribution is 5.79. The lowest BCUT2D eigenvalue weighted by atomic mass is 10.1. The second-order valence-electron chi connectivity index (χ2n) is 5.04. The van der Waals surface area contributed by atoms with Crippen molar-refractivity contribution in [2.24, 2.45) is 4.99 Å². The molecule has 1 aromatic heterocycles. The van der Waals surface area contributed by atoms with Crippen LogP contribution in [0.3, 0.4) is 0 Å². The van der Waals surface area contributed by atoms with E-state index in [4.69, 9.17) is 9.15 Å². The van der Waals surface area contributed by atoms with Crippen molar-refractivity contribution in [3.63, 3.8) is 0 Å². The SMILES string of the molecule is CN=C(NCCC1=CCOCC1)NCc1nc(C)c(C)o1. The normalized spacial score (nSPS) is 15.8. The molecule has 0 saturated heterocycles. The fourth-order valence-electron chi connectivity index (χ4n) is 2.13. The highest BCUT2D eigenvalue weighted by atomic mass is 16.5. The standard InChI is InChI=1S/C15H24N4O2/c1-11-12(2)21-14(19-11)10-18-15(16-3)17-7-4-13-5-8-20-9-6-13/h5H,4,6-10H2,1-3H3,(H2,16,17,18). The second-order valence-corrected chi connectivity index (χ2v) is 5.04. The predicted octanol–water partition coefficient (Wildman–Crippen LogP) is 1.69. The number of nitrogens with zero attached hydrogens (tertiary/aromatic N) is 2. The van der Waals surface area contributed by atoms with Crippen LogP contribution in [-0.4, -0.2) is 37.7 Å². The second kappa shape index (κ2) is 7.83. The maximum Gasteiger partial charge on any atom is 0.214 e. The molecule has 6 heteroatoms. The Bertz CT molecular complexity index is 500. The average molecular weight is 292 g/mol. The fraction of sp³-hybridized carbons (Fsp3) is 0.600. The summed E-state index contributed by atoms with van der Waals surface area (Å²) < 4.78 is 10.8. The lowest BCUT2D eigenvalue weighted by molar-refractivity contribution is 0.153. The Morgan fingerprint density at radius 3 is 2.86 bits per heavy atom. The van der Waals surface area contributed by atoms with E-state index in [1.54, 1.807) is 7.05 Å². The first-order valence-corrected chi connectivity index (χ1v) is 7.32. The van der Waals surface area contributed by atoms with E-state index in [2.05, 4.69) is 26.7 Å². The maximum absolute atomic E-state index is 5.53. The molecule has 0 spiro atoms. The van der Waals surface area contributed by atoms with Gasteiger partial charge in [-0.05, 0) is 26.7 Å². The molecule has 2 heterocycles. The van der Waals surface area contributed by atoms with Gasteiger partial charge in [0, 0.05) is 13.6 Å². The largest absolute Gasteiger partial charge is 0.444 e. The summed E-state index contributed by atoms with van der Waals surface area (Å²) in [6.07, 6.45) is 4.21.